The van der Waals surface area contributed by atoms with Crippen LogP contribution in [0, 0.1) is 23.0 Å². The highest BCUT2D eigenvalue weighted by molar-refractivity contribution is 6.76. The van der Waals surface area contributed by atoms with E-state index in [-0.39, 0.29) is 24.3 Å². The normalized spacial score (nSPS) is 11.5. The second-order valence-corrected chi connectivity index (χ2v) is 16.8. The van der Waals surface area contributed by atoms with Gasteiger partial charge in [-0.05, 0) is 43.7 Å². The van der Waals surface area contributed by atoms with Gasteiger partial charge >= 0.3 is 6.09 Å². The van der Waals surface area contributed by atoms with Gasteiger partial charge in [-0.2, -0.15) is 5.26 Å². The lowest BCUT2D eigenvalue weighted by Crippen LogP contribution is -2.22. The van der Waals surface area contributed by atoms with Crippen molar-refractivity contribution in [3.05, 3.63) is 66.0 Å². The Balaban J connectivity index is 1.81. The molecule has 0 fully saturated rings. The Morgan fingerprint density at radius 3 is 2.48 bits per heavy atom. The summed E-state index contributed by atoms with van der Waals surface area (Å²) in [6.07, 6.45) is 1.66. The summed E-state index contributed by atoms with van der Waals surface area (Å²) in [6.45, 7) is 11.2. The van der Waals surface area contributed by atoms with E-state index in [4.69, 9.17) is 19.3 Å². The Bertz CT molecular complexity index is 1640. The highest BCUT2D eigenvalue weighted by Gasteiger charge is 2.22. The van der Waals surface area contributed by atoms with Crippen LogP contribution in [0.3, 0.4) is 0 Å². The number of carbonyl (C=O) groups is 1. The van der Waals surface area contributed by atoms with Gasteiger partial charge in [0, 0.05) is 44.8 Å². The van der Waals surface area contributed by atoms with E-state index in [0.29, 0.717) is 40.1 Å². The van der Waals surface area contributed by atoms with E-state index >= 15 is 0 Å². The summed E-state index contributed by atoms with van der Waals surface area (Å²) < 4.78 is 49.2. The molecule has 4 aromatic rings. The smallest absolute Gasteiger partial charge is 0.409 e. The van der Waals surface area contributed by atoms with E-state index in [0.717, 1.165) is 18.2 Å². The summed E-state index contributed by atoms with van der Waals surface area (Å²) in [5, 5.41) is 21.1. The number of aromatic nitrogens is 2. The van der Waals surface area contributed by atoms with Crippen molar-refractivity contribution < 1.29 is 32.9 Å². The van der Waals surface area contributed by atoms with Crippen molar-refractivity contribution in [1.82, 2.24) is 9.55 Å². The molecule has 42 heavy (non-hydrogen) atoms. The molecule has 220 valence electrons. The molecule has 4 rings (SSSR count). The summed E-state index contributed by atoms with van der Waals surface area (Å²) in [5.41, 5.74) is 1.72. The number of benzene rings is 2. The van der Waals surface area contributed by atoms with Crippen LogP contribution in [0.25, 0.3) is 22.2 Å². The molecule has 2 heterocycles. The fourth-order valence-electron chi connectivity index (χ4n) is 4.23. The zero-order valence-electron chi connectivity index (χ0n) is 24.0. The minimum atomic E-state index is -1.46. The van der Waals surface area contributed by atoms with E-state index in [1.165, 1.54) is 12.3 Å². The van der Waals surface area contributed by atoms with Crippen LogP contribution in [-0.2, 0) is 11.5 Å². The third-order valence-electron chi connectivity index (χ3n) is 6.18. The molecule has 0 saturated carbocycles. The first kappa shape index (κ1) is 30.5. The van der Waals surface area contributed by atoms with Gasteiger partial charge in [0.15, 0.2) is 17.4 Å². The minimum absolute atomic E-state index is 0.105. The standard InChI is InChI=1S/C30H32F2N4O5Si/c1-18(2)40-25-7-6-19(12-20(25)15-33)22-16-36(17-39-10-11-42(3,4)5)29-27(22)26(8-9-34-29)41-28-23(31)13-21(14-24(28)32)35-30(37)38/h6-9,12-14,16,18,35H,10-11,17H2,1-5H3,(H,37,38). The number of hydrogen-bond donors (Lipinski definition) is 2. The topological polar surface area (TPSA) is 119 Å². The molecular weight excluding hydrogens is 562 g/mol. The molecule has 0 radical (unpaired) electrons. The fourth-order valence-corrected chi connectivity index (χ4v) is 4.99. The Hall–Kier alpha value is -4.47. The number of halogens is 2. The number of nitrogens with zero attached hydrogens (tertiary/aromatic N) is 3. The molecule has 1 amide bonds. The Morgan fingerprint density at radius 2 is 1.86 bits per heavy atom. The van der Waals surface area contributed by atoms with Crippen molar-refractivity contribution in [3.8, 4) is 34.4 Å². The summed E-state index contributed by atoms with van der Waals surface area (Å²) in [5.74, 6) is -2.36. The van der Waals surface area contributed by atoms with E-state index in [2.05, 4.69) is 30.7 Å². The van der Waals surface area contributed by atoms with Crippen LogP contribution in [0.2, 0.25) is 25.7 Å². The molecule has 12 heteroatoms. The van der Waals surface area contributed by atoms with Gasteiger partial charge in [-0.25, -0.2) is 18.6 Å². The second kappa shape index (κ2) is 12.6. The zero-order valence-corrected chi connectivity index (χ0v) is 25.0. The fraction of sp³-hybridized carbons (Fsp3) is 0.300. The maximum absolute atomic E-state index is 14.9. The van der Waals surface area contributed by atoms with Crippen molar-refractivity contribution in [2.75, 3.05) is 11.9 Å². The first-order valence-corrected chi connectivity index (χ1v) is 17.0. The highest BCUT2D eigenvalue weighted by Crippen LogP contribution is 2.40. The number of anilines is 1. The number of rotatable bonds is 11. The minimum Gasteiger partial charge on any atom is -0.490 e. The van der Waals surface area contributed by atoms with E-state index in [1.54, 1.807) is 29.0 Å². The Labute approximate surface area is 243 Å². The van der Waals surface area contributed by atoms with Crippen molar-refractivity contribution in [1.29, 1.82) is 5.26 Å². The molecule has 0 aliphatic rings. The van der Waals surface area contributed by atoms with Gasteiger partial charge in [0.1, 0.15) is 29.9 Å². The van der Waals surface area contributed by atoms with Crippen molar-refractivity contribution >= 4 is 30.9 Å². The lowest BCUT2D eigenvalue weighted by molar-refractivity contribution is 0.0899. The molecule has 0 aliphatic heterocycles. The number of pyridine rings is 1. The molecule has 0 aliphatic carbocycles. The van der Waals surface area contributed by atoms with Crippen LogP contribution in [0.5, 0.6) is 17.2 Å². The van der Waals surface area contributed by atoms with Gasteiger partial charge in [-0.15, -0.1) is 0 Å². The average Bonchev–Trinajstić information content (AvgIpc) is 3.27. The van der Waals surface area contributed by atoms with Crippen molar-refractivity contribution in [2.24, 2.45) is 0 Å². The first-order chi connectivity index (χ1) is 19.9. The third-order valence-corrected chi connectivity index (χ3v) is 7.89. The largest absolute Gasteiger partial charge is 0.490 e. The number of carboxylic acid groups (broad SMARTS) is 1. The van der Waals surface area contributed by atoms with Crippen LogP contribution < -0.4 is 14.8 Å². The number of hydrogen-bond acceptors (Lipinski definition) is 6. The van der Waals surface area contributed by atoms with Gasteiger partial charge in [0.05, 0.1) is 22.7 Å². The van der Waals surface area contributed by atoms with E-state index < -0.39 is 31.6 Å². The van der Waals surface area contributed by atoms with E-state index in [9.17, 15) is 18.8 Å². The highest BCUT2D eigenvalue weighted by atomic mass is 28.3. The molecule has 9 nitrogen and oxygen atoms in total. The van der Waals surface area contributed by atoms with Crippen LogP contribution >= 0.6 is 0 Å². The van der Waals surface area contributed by atoms with Gasteiger partial charge in [0.25, 0.3) is 0 Å². The van der Waals surface area contributed by atoms with Gasteiger partial charge in [-0.3, -0.25) is 5.32 Å². The third kappa shape index (κ3) is 7.23. The van der Waals surface area contributed by atoms with Crippen LogP contribution in [0.15, 0.2) is 48.8 Å². The molecule has 2 N–H and O–H groups in total. The Morgan fingerprint density at radius 1 is 1.14 bits per heavy atom. The van der Waals surface area contributed by atoms with Crippen molar-refractivity contribution in [2.45, 2.75) is 52.4 Å². The summed E-state index contributed by atoms with van der Waals surface area (Å²) >= 11 is 0. The van der Waals surface area contributed by atoms with Gasteiger partial charge < -0.3 is 23.9 Å². The average molecular weight is 595 g/mol. The van der Waals surface area contributed by atoms with Crippen LogP contribution in [0.1, 0.15) is 19.4 Å². The molecule has 2 aromatic carbocycles. The molecule has 0 spiro atoms. The monoisotopic (exact) mass is 594 g/mol. The van der Waals surface area contributed by atoms with Crippen LogP contribution in [0.4, 0.5) is 19.3 Å². The number of ether oxygens (including phenoxy) is 3. The number of fused-ring (bicyclic) bond motifs is 1. The SMILES string of the molecule is CC(C)Oc1ccc(-c2cn(COCC[Si](C)(C)C)c3nccc(Oc4c(F)cc(NC(=O)O)cc4F)c23)cc1C#N. The van der Waals surface area contributed by atoms with Crippen molar-refractivity contribution in [3.63, 3.8) is 0 Å². The lowest BCUT2D eigenvalue weighted by Gasteiger charge is -2.15. The number of nitrogens with one attached hydrogen (secondary N) is 1. The van der Waals surface area contributed by atoms with E-state index in [1.807, 2.05) is 19.2 Å². The molecule has 0 unspecified atom stereocenters. The summed E-state index contributed by atoms with van der Waals surface area (Å²) in [6, 6.07) is 11.4. The predicted octanol–water partition coefficient (Wildman–Crippen LogP) is 7.83. The first-order valence-electron chi connectivity index (χ1n) is 13.3. The molecular formula is C30H32F2N4O5Si. The predicted molar refractivity (Wildman–Crippen MR) is 158 cm³/mol. The van der Waals surface area contributed by atoms with Crippen LogP contribution in [-0.4, -0.2) is 41.5 Å². The van der Waals surface area contributed by atoms with Gasteiger partial charge in [-0.1, -0.05) is 25.7 Å². The van der Waals surface area contributed by atoms with Gasteiger partial charge in [0.2, 0.25) is 0 Å². The Kier molecular flexibility index (Phi) is 9.13. The molecule has 0 atom stereocenters. The summed E-state index contributed by atoms with van der Waals surface area (Å²) in [7, 11) is -1.32. The molecule has 0 saturated heterocycles. The second-order valence-electron chi connectivity index (χ2n) is 11.2. The maximum atomic E-state index is 14.9. The zero-order chi connectivity index (χ0) is 30.6. The summed E-state index contributed by atoms with van der Waals surface area (Å²) in [4.78, 5) is 15.4. The number of amides is 1. The lowest BCUT2D eigenvalue weighted by atomic mass is 10.0. The quantitative estimate of drug-likeness (QED) is 0.134. The number of nitriles is 1. The molecule has 2 aromatic heterocycles. The maximum Gasteiger partial charge on any atom is 0.409 e. The molecule has 0 bridgehead atoms.